The van der Waals surface area contributed by atoms with Crippen LogP contribution < -0.4 is 0 Å². The van der Waals surface area contributed by atoms with Crippen molar-refractivity contribution in [2.75, 3.05) is 0 Å². The van der Waals surface area contributed by atoms with Crippen LogP contribution in [-0.2, 0) is 0 Å². The first-order chi connectivity index (χ1) is 12.7. The smallest absolute Gasteiger partial charge is 0.0406 e. The van der Waals surface area contributed by atoms with Crippen molar-refractivity contribution in [3.05, 3.63) is 34.9 Å². The Morgan fingerprint density at radius 2 is 1.46 bits per heavy atom. The van der Waals surface area contributed by atoms with Gasteiger partial charge in [-0.05, 0) is 61.1 Å². The molecule has 0 N–H and O–H groups in total. The van der Waals surface area contributed by atoms with Gasteiger partial charge in [-0.2, -0.15) is 0 Å². The van der Waals surface area contributed by atoms with Crippen LogP contribution in [0.2, 0.25) is 23.2 Å². The zero-order valence-corrected chi connectivity index (χ0v) is 18.8. The Labute approximate surface area is 168 Å². The largest absolute Gasteiger partial charge is 0.0843 e. The van der Waals surface area contributed by atoms with Crippen LogP contribution in [0.25, 0.3) is 0 Å². The Kier molecular flexibility index (Phi) is 8.58. The van der Waals surface area contributed by atoms with Gasteiger partial charge in [0.25, 0.3) is 0 Å². The van der Waals surface area contributed by atoms with Crippen molar-refractivity contribution in [2.24, 2.45) is 11.8 Å². The zero-order valence-electron chi connectivity index (χ0n) is 16.9. The fourth-order valence-electron chi connectivity index (χ4n) is 5.48. The van der Waals surface area contributed by atoms with E-state index in [1.165, 1.54) is 63.4 Å². The summed E-state index contributed by atoms with van der Waals surface area (Å²) in [4.78, 5) is 0. The topological polar surface area (TPSA) is 0 Å². The van der Waals surface area contributed by atoms with Crippen molar-refractivity contribution in [2.45, 2.75) is 102 Å². The number of rotatable bonds is 8. The van der Waals surface area contributed by atoms with Crippen LogP contribution in [0.4, 0.5) is 0 Å². The predicted octanol–water partition coefficient (Wildman–Crippen LogP) is 8.22. The van der Waals surface area contributed by atoms with Gasteiger partial charge in [0.05, 0.1) is 0 Å². The maximum absolute atomic E-state index is 6.03. The minimum Gasteiger partial charge on any atom is -0.0843 e. The first kappa shape index (κ1) is 20.5. The number of halogens is 1. The van der Waals surface area contributed by atoms with Crippen molar-refractivity contribution < 1.29 is 0 Å². The van der Waals surface area contributed by atoms with Gasteiger partial charge in [-0.15, -0.1) is 0 Å². The highest BCUT2D eigenvalue weighted by Gasteiger charge is 2.25. The molecule has 26 heavy (non-hydrogen) atoms. The van der Waals surface area contributed by atoms with E-state index in [4.69, 9.17) is 11.6 Å². The molecule has 1 aliphatic carbocycles. The maximum atomic E-state index is 6.03. The molecule has 0 aromatic heterocycles. The van der Waals surface area contributed by atoms with Gasteiger partial charge < -0.3 is 0 Å². The molecule has 0 bridgehead atoms. The van der Waals surface area contributed by atoms with Crippen molar-refractivity contribution in [1.82, 2.24) is 0 Å². The van der Waals surface area contributed by atoms with E-state index < -0.39 is 0 Å². The Morgan fingerprint density at radius 3 is 2.08 bits per heavy atom. The average molecular weight is 391 g/mol. The summed E-state index contributed by atoms with van der Waals surface area (Å²) in [5.41, 5.74) is 1.51. The van der Waals surface area contributed by atoms with E-state index in [0.29, 0.717) is 0 Å². The number of hydrogen-bond acceptors (Lipinski definition) is 0. The maximum Gasteiger partial charge on any atom is 0.0406 e. The van der Waals surface area contributed by atoms with E-state index in [0.717, 1.165) is 22.8 Å². The van der Waals surface area contributed by atoms with Gasteiger partial charge in [-0.3, -0.25) is 0 Å². The molecule has 146 valence electrons. The molecular weight excluding hydrogens is 352 g/mol. The van der Waals surface area contributed by atoms with Crippen molar-refractivity contribution >= 4 is 20.4 Å². The van der Waals surface area contributed by atoms with Crippen molar-refractivity contribution in [3.63, 3.8) is 0 Å². The van der Waals surface area contributed by atoms with Crippen LogP contribution in [0, 0.1) is 11.8 Å². The van der Waals surface area contributed by atoms with Gasteiger partial charge in [0.2, 0.25) is 0 Å². The van der Waals surface area contributed by atoms with E-state index in [9.17, 15) is 0 Å². The van der Waals surface area contributed by atoms with E-state index >= 15 is 0 Å². The SMILES string of the molecule is CCCCC[SiH]1CCC(CCC2CCC(c3ccc(Cl)cc3)CC2)CC1. The third-order valence-electron chi connectivity index (χ3n) is 7.35. The monoisotopic (exact) mass is 390 g/mol. The molecule has 1 heterocycles. The second kappa shape index (κ2) is 10.9. The van der Waals surface area contributed by atoms with Crippen LogP contribution in [0.1, 0.15) is 89.0 Å². The van der Waals surface area contributed by atoms with E-state index in [1.807, 2.05) is 0 Å². The van der Waals surface area contributed by atoms with Crippen LogP contribution in [0.5, 0.6) is 0 Å². The average Bonchev–Trinajstić information content (AvgIpc) is 2.69. The van der Waals surface area contributed by atoms with Crippen LogP contribution in [-0.4, -0.2) is 8.80 Å². The molecule has 1 saturated heterocycles. The standard InChI is InChI=1S/C24H39ClSi/c1-2-3-4-17-26-18-15-21(16-19-26)6-5-20-7-9-22(10-8-20)23-11-13-24(25)14-12-23/h11-14,20-22,26H,2-10,15-19H2,1H3. The van der Waals surface area contributed by atoms with Crippen LogP contribution in [0.3, 0.4) is 0 Å². The Bertz CT molecular complexity index is 495. The Balaban J connectivity index is 1.30. The molecular formula is C24H39ClSi. The lowest BCUT2D eigenvalue weighted by Crippen LogP contribution is -2.22. The molecule has 1 aromatic rings. The highest BCUT2D eigenvalue weighted by Crippen LogP contribution is 2.39. The lowest BCUT2D eigenvalue weighted by atomic mass is 9.76. The Hall–Kier alpha value is -0.273. The molecule has 0 nitrogen and oxygen atoms in total. The Morgan fingerprint density at radius 1 is 0.846 bits per heavy atom. The summed E-state index contributed by atoms with van der Waals surface area (Å²) in [7, 11) is -0.312. The van der Waals surface area contributed by atoms with Gasteiger partial charge >= 0.3 is 0 Å². The molecule has 0 amide bonds. The molecule has 3 rings (SSSR count). The first-order valence-electron chi connectivity index (χ1n) is 11.5. The second-order valence-corrected chi connectivity index (χ2v) is 13.1. The molecule has 2 heteroatoms. The minimum absolute atomic E-state index is 0.312. The lowest BCUT2D eigenvalue weighted by Gasteiger charge is -2.32. The fourth-order valence-corrected chi connectivity index (χ4v) is 9.23. The molecule has 0 radical (unpaired) electrons. The van der Waals surface area contributed by atoms with Gasteiger partial charge in [-0.25, -0.2) is 0 Å². The zero-order chi connectivity index (χ0) is 18.2. The lowest BCUT2D eigenvalue weighted by molar-refractivity contribution is 0.280. The van der Waals surface area contributed by atoms with E-state index in [-0.39, 0.29) is 8.80 Å². The van der Waals surface area contributed by atoms with Crippen LogP contribution >= 0.6 is 11.6 Å². The van der Waals surface area contributed by atoms with Crippen molar-refractivity contribution in [1.29, 1.82) is 0 Å². The number of hydrogen-bond donors (Lipinski definition) is 0. The number of unbranched alkanes of at least 4 members (excludes halogenated alkanes) is 2. The summed E-state index contributed by atoms with van der Waals surface area (Å²) >= 11 is 6.03. The first-order valence-corrected chi connectivity index (χ1v) is 14.3. The molecule has 0 atom stereocenters. The molecule has 2 fully saturated rings. The van der Waals surface area contributed by atoms with Gasteiger partial charge in [0.15, 0.2) is 0 Å². The normalized spacial score (nSPS) is 29.6. The summed E-state index contributed by atoms with van der Waals surface area (Å²) in [6, 6.07) is 13.6. The number of benzene rings is 1. The molecule has 1 saturated carbocycles. The van der Waals surface area contributed by atoms with Gasteiger partial charge in [0, 0.05) is 13.8 Å². The van der Waals surface area contributed by atoms with Gasteiger partial charge in [0.1, 0.15) is 0 Å². The van der Waals surface area contributed by atoms with E-state index in [1.54, 1.807) is 31.0 Å². The summed E-state index contributed by atoms with van der Waals surface area (Å²) in [5, 5.41) is 0.866. The summed E-state index contributed by atoms with van der Waals surface area (Å²) in [6.07, 6.45) is 16.3. The quantitative estimate of drug-likeness (QED) is 0.309. The van der Waals surface area contributed by atoms with Crippen molar-refractivity contribution in [3.8, 4) is 0 Å². The molecule has 1 aliphatic heterocycles. The van der Waals surface area contributed by atoms with Gasteiger partial charge in [-0.1, -0.05) is 93.7 Å². The van der Waals surface area contributed by atoms with E-state index in [2.05, 4.69) is 31.2 Å². The van der Waals surface area contributed by atoms with Crippen LogP contribution in [0.15, 0.2) is 24.3 Å². The summed E-state index contributed by atoms with van der Waals surface area (Å²) in [5.74, 6) is 2.88. The third-order valence-corrected chi connectivity index (χ3v) is 11.1. The molecule has 2 aliphatic rings. The highest BCUT2D eigenvalue weighted by atomic mass is 35.5. The fraction of sp³-hybridized carbons (Fsp3) is 0.750. The predicted molar refractivity (Wildman–Crippen MR) is 119 cm³/mol. The summed E-state index contributed by atoms with van der Waals surface area (Å²) < 4.78 is 0. The highest BCUT2D eigenvalue weighted by molar-refractivity contribution is 6.58. The molecule has 0 spiro atoms. The second-order valence-electron chi connectivity index (χ2n) is 9.23. The molecule has 1 aromatic carbocycles. The third kappa shape index (κ3) is 6.41. The minimum atomic E-state index is -0.312. The molecule has 0 unspecified atom stereocenters. The summed E-state index contributed by atoms with van der Waals surface area (Å²) in [6.45, 7) is 2.33.